The Hall–Kier alpha value is -0.770. The third-order valence-corrected chi connectivity index (χ3v) is 2.03. The molecule has 1 aromatic rings. The second-order valence-corrected chi connectivity index (χ2v) is 3.47. The standard InChI is InChI=1S/C10H14ClNO2/c11-8-1-3-10(4-2-8)14-7-9(12)5-6-13/h1-4,9,13H,5-7,12H2. The van der Waals surface area contributed by atoms with Crippen molar-refractivity contribution in [3.8, 4) is 5.75 Å². The molecule has 4 heteroatoms. The van der Waals surface area contributed by atoms with Crippen LogP contribution in [0.2, 0.25) is 5.02 Å². The highest BCUT2D eigenvalue weighted by molar-refractivity contribution is 6.30. The van der Waals surface area contributed by atoms with Gasteiger partial charge in [0.1, 0.15) is 12.4 Å². The largest absolute Gasteiger partial charge is 0.492 e. The molecule has 0 aliphatic heterocycles. The Balaban J connectivity index is 2.34. The van der Waals surface area contributed by atoms with Crippen molar-refractivity contribution in [1.82, 2.24) is 0 Å². The second-order valence-electron chi connectivity index (χ2n) is 3.04. The number of benzene rings is 1. The Labute approximate surface area is 88.4 Å². The molecule has 1 rings (SSSR count). The molecular formula is C10H14ClNO2. The minimum atomic E-state index is -0.129. The van der Waals surface area contributed by atoms with Gasteiger partial charge in [-0.2, -0.15) is 0 Å². The van der Waals surface area contributed by atoms with E-state index in [0.29, 0.717) is 18.1 Å². The summed E-state index contributed by atoms with van der Waals surface area (Å²) in [5.74, 6) is 0.739. The SMILES string of the molecule is NC(CCO)COc1ccc(Cl)cc1. The van der Waals surface area contributed by atoms with Gasteiger partial charge in [0.15, 0.2) is 0 Å². The molecule has 3 nitrogen and oxygen atoms in total. The van der Waals surface area contributed by atoms with Gasteiger partial charge in [0.2, 0.25) is 0 Å². The summed E-state index contributed by atoms with van der Waals surface area (Å²) in [5, 5.41) is 9.30. The van der Waals surface area contributed by atoms with E-state index in [0.717, 1.165) is 5.75 Å². The lowest BCUT2D eigenvalue weighted by Crippen LogP contribution is -2.28. The summed E-state index contributed by atoms with van der Waals surface area (Å²) in [4.78, 5) is 0. The van der Waals surface area contributed by atoms with Crippen LogP contribution in [-0.2, 0) is 0 Å². The molecule has 1 aromatic carbocycles. The Morgan fingerprint density at radius 2 is 2.00 bits per heavy atom. The number of aliphatic hydroxyl groups is 1. The van der Waals surface area contributed by atoms with Crippen molar-refractivity contribution in [3.63, 3.8) is 0 Å². The van der Waals surface area contributed by atoms with Gasteiger partial charge in [-0.1, -0.05) is 11.6 Å². The fourth-order valence-electron chi connectivity index (χ4n) is 0.983. The van der Waals surface area contributed by atoms with E-state index in [2.05, 4.69) is 0 Å². The van der Waals surface area contributed by atoms with Gasteiger partial charge in [-0.15, -0.1) is 0 Å². The number of hydrogen-bond acceptors (Lipinski definition) is 3. The van der Waals surface area contributed by atoms with Gasteiger partial charge in [0.05, 0.1) is 0 Å². The highest BCUT2D eigenvalue weighted by atomic mass is 35.5. The lowest BCUT2D eigenvalue weighted by molar-refractivity contribution is 0.233. The zero-order valence-corrected chi connectivity index (χ0v) is 8.57. The van der Waals surface area contributed by atoms with Crippen LogP contribution in [0, 0.1) is 0 Å². The van der Waals surface area contributed by atoms with Crippen LogP contribution in [0.3, 0.4) is 0 Å². The Morgan fingerprint density at radius 1 is 1.36 bits per heavy atom. The molecule has 0 saturated carbocycles. The average Bonchev–Trinajstić information content (AvgIpc) is 2.17. The van der Waals surface area contributed by atoms with Crippen molar-refractivity contribution in [2.24, 2.45) is 5.73 Å². The monoisotopic (exact) mass is 215 g/mol. The third-order valence-electron chi connectivity index (χ3n) is 1.78. The van der Waals surface area contributed by atoms with E-state index in [1.165, 1.54) is 0 Å². The highest BCUT2D eigenvalue weighted by Gasteiger charge is 2.02. The van der Waals surface area contributed by atoms with E-state index >= 15 is 0 Å². The molecule has 1 atom stereocenters. The molecule has 0 radical (unpaired) electrons. The summed E-state index contributed by atoms with van der Waals surface area (Å²) < 4.78 is 5.38. The maximum Gasteiger partial charge on any atom is 0.119 e. The van der Waals surface area contributed by atoms with Crippen LogP contribution < -0.4 is 10.5 Å². The molecule has 0 saturated heterocycles. The van der Waals surface area contributed by atoms with E-state index < -0.39 is 0 Å². The highest BCUT2D eigenvalue weighted by Crippen LogP contribution is 2.15. The Kier molecular flexibility index (Phi) is 4.73. The molecule has 0 fully saturated rings. The van der Waals surface area contributed by atoms with Crippen LogP contribution >= 0.6 is 11.6 Å². The van der Waals surface area contributed by atoms with Crippen molar-refractivity contribution < 1.29 is 9.84 Å². The molecule has 0 amide bonds. The Bertz CT molecular complexity index is 263. The molecule has 0 aliphatic carbocycles. The molecule has 1 unspecified atom stereocenters. The van der Waals surface area contributed by atoms with Gasteiger partial charge >= 0.3 is 0 Å². The molecule has 0 heterocycles. The molecule has 3 N–H and O–H groups in total. The van der Waals surface area contributed by atoms with E-state index in [1.54, 1.807) is 24.3 Å². The van der Waals surface area contributed by atoms with Gasteiger partial charge < -0.3 is 15.6 Å². The maximum absolute atomic E-state index is 8.62. The van der Waals surface area contributed by atoms with Crippen LogP contribution in [0.5, 0.6) is 5.75 Å². The van der Waals surface area contributed by atoms with Gasteiger partial charge in [0, 0.05) is 17.7 Å². The number of halogens is 1. The minimum absolute atomic E-state index is 0.0884. The van der Waals surface area contributed by atoms with Crippen LogP contribution in [-0.4, -0.2) is 24.4 Å². The second kappa shape index (κ2) is 5.86. The summed E-state index contributed by atoms with van der Waals surface area (Å²) in [6, 6.07) is 6.96. The molecular weight excluding hydrogens is 202 g/mol. The van der Waals surface area contributed by atoms with Crippen molar-refractivity contribution in [2.75, 3.05) is 13.2 Å². The van der Waals surface area contributed by atoms with Crippen molar-refractivity contribution in [1.29, 1.82) is 0 Å². The smallest absolute Gasteiger partial charge is 0.119 e. The number of hydrogen-bond donors (Lipinski definition) is 2. The van der Waals surface area contributed by atoms with Crippen molar-refractivity contribution >= 4 is 11.6 Å². The first-order valence-corrected chi connectivity index (χ1v) is 4.85. The molecule has 0 aliphatic rings. The van der Waals surface area contributed by atoms with Crippen LogP contribution in [0.15, 0.2) is 24.3 Å². The first-order valence-electron chi connectivity index (χ1n) is 4.47. The molecule has 0 bridgehead atoms. The lowest BCUT2D eigenvalue weighted by atomic mass is 10.2. The zero-order valence-electron chi connectivity index (χ0n) is 7.82. The van der Waals surface area contributed by atoms with Crippen molar-refractivity contribution in [2.45, 2.75) is 12.5 Å². The summed E-state index contributed by atoms with van der Waals surface area (Å²) in [6.45, 7) is 0.493. The topological polar surface area (TPSA) is 55.5 Å². The number of aliphatic hydroxyl groups excluding tert-OH is 1. The van der Waals surface area contributed by atoms with E-state index in [4.69, 9.17) is 27.2 Å². The quantitative estimate of drug-likeness (QED) is 0.782. The fraction of sp³-hybridized carbons (Fsp3) is 0.400. The number of ether oxygens (including phenoxy) is 1. The van der Waals surface area contributed by atoms with Gasteiger partial charge in [-0.05, 0) is 30.7 Å². The average molecular weight is 216 g/mol. The van der Waals surface area contributed by atoms with E-state index in [9.17, 15) is 0 Å². The molecule has 0 spiro atoms. The van der Waals surface area contributed by atoms with Gasteiger partial charge in [-0.25, -0.2) is 0 Å². The predicted molar refractivity (Wildman–Crippen MR) is 56.6 cm³/mol. The van der Waals surface area contributed by atoms with Crippen LogP contribution in [0.25, 0.3) is 0 Å². The normalized spacial score (nSPS) is 12.5. The van der Waals surface area contributed by atoms with Crippen molar-refractivity contribution in [3.05, 3.63) is 29.3 Å². The van der Waals surface area contributed by atoms with E-state index in [1.807, 2.05) is 0 Å². The summed E-state index contributed by atoms with van der Waals surface area (Å²) in [6.07, 6.45) is 0.549. The minimum Gasteiger partial charge on any atom is -0.492 e. The zero-order chi connectivity index (χ0) is 10.4. The first kappa shape index (κ1) is 11.3. The molecule has 78 valence electrons. The molecule has 14 heavy (non-hydrogen) atoms. The van der Waals surface area contributed by atoms with Crippen LogP contribution in [0.1, 0.15) is 6.42 Å². The first-order chi connectivity index (χ1) is 6.72. The fourth-order valence-corrected chi connectivity index (χ4v) is 1.11. The number of rotatable bonds is 5. The van der Waals surface area contributed by atoms with Crippen LogP contribution in [0.4, 0.5) is 0 Å². The summed E-state index contributed by atoms with van der Waals surface area (Å²) >= 11 is 5.71. The van der Waals surface area contributed by atoms with Gasteiger partial charge in [0.25, 0.3) is 0 Å². The lowest BCUT2D eigenvalue weighted by Gasteiger charge is -2.11. The third kappa shape index (κ3) is 3.96. The van der Waals surface area contributed by atoms with E-state index in [-0.39, 0.29) is 12.6 Å². The maximum atomic E-state index is 8.62. The molecule has 0 aromatic heterocycles. The van der Waals surface area contributed by atoms with Gasteiger partial charge in [-0.3, -0.25) is 0 Å². The predicted octanol–water partition coefficient (Wildman–Crippen LogP) is 1.43. The number of nitrogens with two attached hydrogens (primary N) is 1. The summed E-state index contributed by atoms with van der Waals surface area (Å²) in [5.41, 5.74) is 5.65. The Morgan fingerprint density at radius 3 is 2.57 bits per heavy atom. The summed E-state index contributed by atoms with van der Waals surface area (Å²) in [7, 11) is 0.